The molecule has 0 aliphatic heterocycles. The Morgan fingerprint density at radius 3 is 2.61 bits per heavy atom. The summed E-state index contributed by atoms with van der Waals surface area (Å²) < 4.78 is 32.5. The lowest BCUT2D eigenvalue weighted by Gasteiger charge is -2.14. The summed E-state index contributed by atoms with van der Waals surface area (Å²) in [5.41, 5.74) is 0. The summed E-state index contributed by atoms with van der Waals surface area (Å²) in [6, 6.07) is 4.63. The Labute approximate surface area is 117 Å². The summed E-state index contributed by atoms with van der Waals surface area (Å²) in [6.45, 7) is 3.88. The minimum atomic E-state index is -3.46. The van der Waals surface area contributed by atoms with E-state index in [4.69, 9.17) is 4.74 Å². The molecule has 1 aromatic rings. The van der Waals surface area contributed by atoms with E-state index in [1.807, 2.05) is 13.8 Å². The zero-order valence-corrected chi connectivity index (χ0v) is 13.1. The van der Waals surface area contributed by atoms with Gasteiger partial charge in [0.05, 0.1) is 16.5 Å². The highest BCUT2D eigenvalue weighted by Gasteiger charge is 2.18. The summed E-state index contributed by atoms with van der Waals surface area (Å²) in [7, 11) is -1.93. The van der Waals surface area contributed by atoms with Crippen molar-refractivity contribution in [2.24, 2.45) is 0 Å². The summed E-state index contributed by atoms with van der Waals surface area (Å²) in [5.74, 6) is 0.607. The molecule has 0 radical (unpaired) electrons. The monoisotopic (exact) mass is 335 g/mol. The fourth-order valence-electron chi connectivity index (χ4n) is 1.64. The van der Waals surface area contributed by atoms with Crippen LogP contribution in [0.25, 0.3) is 0 Å². The first kappa shape index (κ1) is 15.5. The van der Waals surface area contributed by atoms with Gasteiger partial charge < -0.3 is 4.74 Å². The van der Waals surface area contributed by atoms with Gasteiger partial charge >= 0.3 is 0 Å². The van der Waals surface area contributed by atoms with E-state index in [-0.39, 0.29) is 10.9 Å². The Morgan fingerprint density at radius 1 is 1.44 bits per heavy atom. The number of benzene rings is 1. The second-order valence-electron chi connectivity index (χ2n) is 4.11. The topological polar surface area (TPSA) is 55.4 Å². The van der Waals surface area contributed by atoms with Crippen LogP contribution in [0.1, 0.15) is 26.7 Å². The molecule has 1 rings (SSSR count). The molecule has 0 unspecified atom stereocenters. The van der Waals surface area contributed by atoms with Crippen LogP contribution < -0.4 is 9.46 Å². The number of hydrogen-bond donors (Lipinski definition) is 1. The van der Waals surface area contributed by atoms with Gasteiger partial charge in [-0.25, -0.2) is 13.1 Å². The molecule has 18 heavy (non-hydrogen) atoms. The molecular weight excluding hydrogens is 318 g/mol. The Bertz CT molecular complexity index is 502. The maximum absolute atomic E-state index is 12.1. The van der Waals surface area contributed by atoms with Crippen molar-refractivity contribution in [3.05, 3.63) is 22.7 Å². The van der Waals surface area contributed by atoms with E-state index in [1.54, 1.807) is 12.1 Å². The molecule has 0 bridgehead atoms. The molecule has 6 heteroatoms. The predicted molar refractivity (Wildman–Crippen MR) is 75.4 cm³/mol. The van der Waals surface area contributed by atoms with E-state index in [0.717, 1.165) is 12.8 Å². The summed E-state index contributed by atoms with van der Waals surface area (Å²) >= 11 is 3.28. The molecule has 0 amide bonds. The first-order valence-corrected chi connectivity index (χ1v) is 8.04. The SMILES string of the molecule is CCC[C@H](C)NS(=O)(=O)c1ccc(OC)c(Br)c1. The molecular formula is C12H18BrNO3S. The molecule has 0 saturated carbocycles. The van der Waals surface area contributed by atoms with Crippen LogP contribution in [0.15, 0.2) is 27.6 Å². The molecule has 0 aliphatic carbocycles. The van der Waals surface area contributed by atoms with Crippen molar-refractivity contribution in [3.8, 4) is 5.75 Å². The van der Waals surface area contributed by atoms with Crippen molar-refractivity contribution in [1.29, 1.82) is 0 Å². The number of sulfonamides is 1. The molecule has 1 atom stereocenters. The van der Waals surface area contributed by atoms with Crippen LogP contribution in [0.2, 0.25) is 0 Å². The van der Waals surface area contributed by atoms with Crippen LogP contribution in [0.3, 0.4) is 0 Å². The summed E-state index contributed by atoms with van der Waals surface area (Å²) in [4.78, 5) is 0.234. The number of nitrogens with one attached hydrogen (secondary N) is 1. The number of methoxy groups -OCH3 is 1. The van der Waals surface area contributed by atoms with Crippen molar-refractivity contribution in [3.63, 3.8) is 0 Å². The van der Waals surface area contributed by atoms with Gasteiger partial charge in [-0.2, -0.15) is 0 Å². The van der Waals surface area contributed by atoms with Gasteiger partial charge in [-0.3, -0.25) is 0 Å². The van der Waals surface area contributed by atoms with Crippen LogP contribution in [-0.2, 0) is 10.0 Å². The van der Waals surface area contributed by atoms with Gasteiger partial charge in [0, 0.05) is 6.04 Å². The van der Waals surface area contributed by atoms with Crippen molar-refractivity contribution < 1.29 is 13.2 Å². The largest absolute Gasteiger partial charge is 0.496 e. The first-order chi connectivity index (χ1) is 8.40. The third-order valence-electron chi connectivity index (χ3n) is 2.51. The Kier molecular flexibility index (Phi) is 5.62. The van der Waals surface area contributed by atoms with Gasteiger partial charge in [-0.1, -0.05) is 13.3 Å². The second kappa shape index (κ2) is 6.54. The van der Waals surface area contributed by atoms with E-state index in [0.29, 0.717) is 10.2 Å². The molecule has 0 fully saturated rings. The number of ether oxygens (including phenoxy) is 1. The normalized spacial score (nSPS) is 13.3. The van der Waals surface area contributed by atoms with Crippen LogP contribution in [-0.4, -0.2) is 21.6 Å². The van der Waals surface area contributed by atoms with Gasteiger partial charge in [0.25, 0.3) is 0 Å². The molecule has 102 valence electrons. The fourth-order valence-corrected chi connectivity index (χ4v) is 3.64. The average Bonchev–Trinajstić information content (AvgIpc) is 2.28. The lowest BCUT2D eigenvalue weighted by molar-refractivity contribution is 0.411. The third-order valence-corrected chi connectivity index (χ3v) is 4.72. The van der Waals surface area contributed by atoms with E-state index >= 15 is 0 Å². The lowest BCUT2D eigenvalue weighted by Crippen LogP contribution is -2.32. The molecule has 4 nitrogen and oxygen atoms in total. The van der Waals surface area contributed by atoms with Crippen molar-refractivity contribution in [2.75, 3.05) is 7.11 Å². The summed E-state index contributed by atoms with van der Waals surface area (Å²) in [5, 5.41) is 0. The second-order valence-corrected chi connectivity index (χ2v) is 6.68. The highest BCUT2D eigenvalue weighted by Crippen LogP contribution is 2.27. The Morgan fingerprint density at radius 2 is 2.11 bits per heavy atom. The Balaban J connectivity index is 2.95. The van der Waals surface area contributed by atoms with Crippen LogP contribution in [0.5, 0.6) is 5.75 Å². The number of rotatable bonds is 6. The van der Waals surface area contributed by atoms with Crippen molar-refractivity contribution in [1.82, 2.24) is 4.72 Å². The maximum atomic E-state index is 12.1. The molecule has 0 saturated heterocycles. The lowest BCUT2D eigenvalue weighted by atomic mass is 10.2. The molecule has 0 heterocycles. The van der Waals surface area contributed by atoms with Gasteiger partial charge in [-0.15, -0.1) is 0 Å². The van der Waals surface area contributed by atoms with Crippen molar-refractivity contribution >= 4 is 26.0 Å². The average molecular weight is 336 g/mol. The van der Waals surface area contributed by atoms with Gasteiger partial charge in [0.2, 0.25) is 10.0 Å². The minimum Gasteiger partial charge on any atom is -0.496 e. The third kappa shape index (κ3) is 3.96. The number of halogens is 1. The van der Waals surface area contributed by atoms with Crippen LogP contribution in [0, 0.1) is 0 Å². The fraction of sp³-hybridized carbons (Fsp3) is 0.500. The van der Waals surface area contributed by atoms with Crippen LogP contribution >= 0.6 is 15.9 Å². The standard InChI is InChI=1S/C12H18BrNO3S/c1-4-5-9(2)14-18(15,16)10-6-7-12(17-3)11(13)8-10/h6-9,14H,4-5H2,1-3H3/t9-/m0/s1. The molecule has 0 aliphatic rings. The first-order valence-electron chi connectivity index (χ1n) is 5.76. The van der Waals surface area contributed by atoms with E-state index in [9.17, 15) is 8.42 Å². The zero-order valence-electron chi connectivity index (χ0n) is 10.7. The Hall–Kier alpha value is -0.590. The van der Waals surface area contributed by atoms with Gasteiger partial charge in [-0.05, 0) is 47.5 Å². The van der Waals surface area contributed by atoms with Gasteiger partial charge in [0.1, 0.15) is 5.75 Å². The van der Waals surface area contributed by atoms with E-state index < -0.39 is 10.0 Å². The maximum Gasteiger partial charge on any atom is 0.240 e. The summed E-state index contributed by atoms with van der Waals surface area (Å²) in [6.07, 6.45) is 1.76. The molecule has 0 spiro atoms. The van der Waals surface area contributed by atoms with Crippen molar-refractivity contribution in [2.45, 2.75) is 37.6 Å². The quantitative estimate of drug-likeness (QED) is 0.869. The molecule has 0 aromatic heterocycles. The molecule has 1 N–H and O–H groups in total. The van der Waals surface area contributed by atoms with E-state index in [2.05, 4.69) is 20.7 Å². The highest BCUT2D eigenvalue weighted by atomic mass is 79.9. The number of hydrogen-bond acceptors (Lipinski definition) is 3. The smallest absolute Gasteiger partial charge is 0.240 e. The predicted octanol–water partition coefficient (Wildman–Crippen LogP) is 2.92. The van der Waals surface area contributed by atoms with Crippen LogP contribution in [0.4, 0.5) is 0 Å². The van der Waals surface area contributed by atoms with E-state index in [1.165, 1.54) is 13.2 Å². The minimum absolute atomic E-state index is 0.0686. The molecule has 1 aromatic carbocycles. The zero-order chi connectivity index (χ0) is 13.8. The highest BCUT2D eigenvalue weighted by molar-refractivity contribution is 9.10. The van der Waals surface area contributed by atoms with Gasteiger partial charge in [0.15, 0.2) is 0 Å².